The van der Waals surface area contributed by atoms with Crippen LogP contribution >= 0.6 is 15.9 Å². The average molecular weight is 381 g/mol. The van der Waals surface area contributed by atoms with Crippen LogP contribution in [0.5, 0.6) is 0 Å². The predicted molar refractivity (Wildman–Crippen MR) is 75.7 cm³/mol. The molecule has 0 aliphatic heterocycles. The first-order valence-corrected chi connectivity index (χ1v) is 7.71. The maximum Gasteiger partial charge on any atom is 0.263 e. The Bertz CT molecular complexity index is 812. The number of halogens is 4. The number of anilines is 2. The molecule has 4 nitrogen and oxygen atoms in total. The molecule has 2 rings (SSSR count). The Morgan fingerprint density at radius 2 is 1.76 bits per heavy atom. The van der Waals surface area contributed by atoms with Crippen LogP contribution in [0.3, 0.4) is 0 Å². The Morgan fingerprint density at radius 3 is 2.38 bits per heavy atom. The quantitative estimate of drug-likeness (QED) is 0.634. The molecule has 0 saturated carbocycles. The first-order valence-electron chi connectivity index (χ1n) is 5.43. The van der Waals surface area contributed by atoms with Gasteiger partial charge in [-0.15, -0.1) is 0 Å². The van der Waals surface area contributed by atoms with Gasteiger partial charge in [-0.2, -0.15) is 0 Å². The van der Waals surface area contributed by atoms with Crippen LogP contribution in [0.4, 0.5) is 24.5 Å². The van der Waals surface area contributed by atoms with Gasteiger partial charge < -0.3 is 5.73 Å². The van der Waals surface area contributed by atoms with Crippen molar-refractivity contribution in [3.8, 4) is 0 Å². The van der Waals surface area contributed by atoms with Crippen molar-refractivity contribution in [3.63, 3.8) is 0 Å². The summed E-state index contributed by atoms with van der Waals surface area (Å²) in [4.78, 5) is -0.249. The molecule has 0 aliphatic rings. The molecule has 0 bridgehead atoms. The summed E-state index contributed by atoms with van der Waals surface area (Å²) in [5.41, 5.74) is 4.97. The Morgan fingerprint density at radius 1 is 1.10 bits per heavy atom. The van der Waals surface area contributed by atoms with E-state index < -0.39 is 33.2 Å². The number of hydrogen-bond donors (Lipinski definition) is 2. The smallest absolute Gasteiger partial charge is 0.263 e. The minimum Gasteiger partial charge on any atom is -0.399 e. The second-order valence-electron chi connectivity index (χ2n) is 4.04. The fraction of sp³-hybridized carbons (Fsp3) is 0. The van der Waals surface area contributed by atoms with Crippen LogP contribution in [-0.2, 0) is 10.0 Å². The highest BCUT2D eigenvalue weighted by Crippen LogP contribution is 2.28. The van der Waals surface area contributed by atoms with Crippen molar-refractivity contribution in [2.24, 2.45) is 0 Å². The van der Waals surface area contributed by atoms with Gasteiger partial charge in [0.25, 0.3) is 10.0 Å². The van der Waals surface area contributed by atoms with E-state index in [0.717, 1.165) is 0 Å². The molecule has 0 amide bonds. The minimum absolute atomic E-state index is 0.132. The molecule has 0 radical (unpaired) electrons. The third-order valence-electron chi connectivity index (χ3n) is 2.48. The molecule has 0 saturated heterocycles. The molecule has 0 fully saturated rings. The summed E-state index contributed by atoms with van der Waals surface area (Å²) >= 11 is 3.00. The number of hydrogen-bond acceptors (Lipinski definition) is 3. The van der Waals surface area contributed by atoms with Crippen molar-refractivity contribution in [3.05, 3.63) is 52.3 Å². The summed E-state index contributed by atoms with van der Waals surface area (Å²) in [6, 6.07) is 4.68. The summed E-state index contributed by atoms with van der Waals surface area (Å²) in [5.74, 6) is -4.10. The van der Waals surface area contributed by atoms with Crippen molar-refractivity contribution in [2.75, 3.05) is 10.5 Å². The zero-order chi connectivity index (χ0) is 15.8. The average Bonchev–Trinajstić information content (AvgIpc) is 2.34. The first kappa shape index (κ1) is 15.6. The van der Waals surface area contributed by atoms with E-state index in [-0.39, 0.29) is 9.37 Å². The number of nitrogens with two attached hydrogens (primary N) is 1. The predicted octanol–water partition coefficient (Wildman–Crippen LogP) is 3.25. The highest BCUT2D eigenvalue weighted by atomic mass is 79.9. The lowest BCUT2D eigenvalue weighted by molar-refractivity contribution is 0.498. The van der Waals surface area contributed by atoms with Crippen LogP contribution in [0.25, 0.3) is 0 Å². The zero-order valence-corrected chi connectivity index (χ0v) is 12.6. The van der Waals surface area contributed by atoms with E-state index in [1.165, 1.54) is 18.2 Å². The number of nitrogen functional groups attached to an aromatic ring is 1. The van der Waals surface area contributed by atoms with Crippen molar-refractivity contribution < 1.29 is 21.6 Å². The summed E-state index contributed by atoms with van der Waals surface area (Å²) in [5, 5.41) is 0. The van der Waals surface area contributed by atoms with Crippen molar-refractivity contribution in [2.45, 2.75) is 4.90 Å². The van der Waals surface area contributed by atoms with Crippen molar-refractivity contribution in [1.82, 2.24) is 0 Å². The minimum atomic E-state index is -4.24. The molecule has 2 aromatic carbocycles. The van der Waals surface area contributed by atoms with Crippen LogP contribution in [-0.4, -0.2) is 8.42 Å². The topological polar surface area (TPSA) is 72.2 Å². The summed E-state index contributed by atoms with van der Waals surface area (Å²) in [6.07, 6.45) is 0. The van der Waals surface area contributed by atoms with Gasteiger partial charge in [0.1, 0.15) is 10.7 Å². The van der Waals surface area contributed by atoms with Crippen LogP contribution in [0.2, 0.25) is 0 Å². The third-order valence-corrected chi connectivity index (χ3v) is 4.82. The molecule has 0 atom stereocenters. The van der Waals surface area contributed by atoms with Gasteiger partial charge in [-0.1, -0.05) is 0 Å². The molecule has 0 heterocycles. The molecule has 0 aromatic heterocycles. The third kappa shape index (κ3) is 3.30. The molecule has 0 unspecified atom stereocenters. The molecule has 112 valence electrons. The first-order chi connectivity index (χ1) is 9.70. The van der Waals surface area contributed by atoms with Crippen LogP contribution in [0.15, 0.2) is 39.7 Å². The van der Waals surface area contributed by atoms with E-state index in [0.29, 0.717) is 17.8 Å². The SMILES string of the molecule is Nc1ccc(S(=O)(=O)Nc2cc(F)cc(F)c2F)c(Br)c1. The molecular weight excluding hydrogens is 373 g/mol. The van der Waals surface area contributed by atoms with Crippen LogP contribution in [0.1, 0.15) is 0 Å². The lowest BCUT2D eigenvalue weighted by Gasteiger charge is -2.11. The van der Waals surface area contributed by atoms with E-state index in [4.69, 9.17) is 5.73 Å². The van der Waals surface area contributed by atoms with Gasteiger partial charge >= 0.3 is 0 Å². The van der Waals surface area contributed by atoms with Crippen LogP contribution < -0.4 is 10.5 Å². The van der Waals surface area contributed by atoms with E-state index in [1.807, 2.05) is 0 Å². The summed E-state index contributed by atoms with van der Waals surface area (Å²) < 4.78 is 65.8. The van der Waals surface area contributed by atoms with Crippen molar-refractivity contribution in [1.29, 1.82) is 0 Å². The van der Waals surface area contributed by atoms with Gasteiger partial charge in [-0.25, -0.2) is 21.6 Å². The molecular formula is C12H8BrF3N2O2S. The monoisotopic (exact) mass is 380 g/mol. The highest BCUT2D eigenvalue weighted by molar-refractivity contribution is 9.10. The molecule has 2 aromatic rings. The number of rotatable bonds is 3. The fourth-order valence-corrected chi connectivity index (χ4v) is 3.71. The maximum atomic E-state index is 13.5. The van der Waals surface area contributed by atoms with E-state index >= 15 is 0 Å². The van der Waals surface area contributed by atoms with Gasteiger partial charge in [0.05, 0.1) is 5.69 Å². The lowest BCUT2D eigenvalue weighted by atomic mass is 10.3. The van der Waals surface area contributed by atoms with Gasteiger partial charge in [-0.3, -0.25) is 4.72 Å². The number of benzene rings is 2. The normalized spacial score (nSPS) is 11.4. The Labute approximate surface area is 127 Å². The number of sulfonamides is 1. The van der Waals surface area contributed by atoms with E-state index in [9.17, 15) is 21.6 Å². The molecule has 9 heteroatoms. The Balaban J connectivity index is 2.47. The highest BCUT2D eigenvalue weighted by Gasteiger charge is 2.21. The molecule has 3 N–H and O–H groups in total. The van der Waals surface area contributed by atoms with Gasteiger partial charge in [0, 0.05) is 22.3 Å². The molecule has 21 heavy (non-hydrogen) atoms. The van der Waals surface area contributed by atoms with Gasteiger partial charge in [-0.05, 0) is 34.1 Å². The lowest BCUT2D eigenvalue weighted by Crippen LogP contribution is -2.15. The van der Waals surface area contributed by atoms with Gasteiger partial charge in [0.15, 0.2) is 11.6 Å². The van der Waals surface area contributed by atoms with E-state index in [1.54, 1.807) is 4.72 Å². The summed E-state index contributed by atoms with van der Waals surface area (Å²) in [7, 11) is -4.24. The maximum absolute atomic E-state index is 13.5. The summed E-state index contributed by atoms with van der Waals surface area (Å²) in [6.45, 7) is 0. The molecule has 0 spiro atoms. The van der Waals surface area contributed by atoms with Crippen LogP contribution in [0, 0.1) is 17.5 Å². The second kappa shape index (κ2) is 5.57. The Kier molecular flexibility index (Phi) is 4.15. The Hall–Kier alpha value is -1.74. The zero-order valence-electron chi connectivity index (χ0n) is 10.2. The number of nitrogens with one attached hydrogen (secondary N) is 1. The standard InChI is InChI=1S/C12H8BrF3N2O2S/c13-8-5-7(17)1-2-11(8)21(19,20)18-10-4-6(14)3-9(15)12(10)16/h1-5,18H,17H2. The van der Waals surface area contributed by atoms with Gasteiger partial charge in [0.2, 0.25) is 0 Å². The largest absolute Gasteiger partial charge is 0.399 e. The molecule has 0 aliphatic carbocycles. The fourth-order valence-electron chi connectivity index (χ4n) is 1.57. The second-order valence-corrected chi connectivity index (χ2v) is 6.55. The van der Waals surface area contributed by atoms with E-state index in [2.05, 4.69) is 15.9 Å². The van der Waals surface area contributed by atoms with Crippen molar-refractivity contribution >= 4 is 37.3 Å².